The number of aliphatic hydroxyl groups excluding tert-OH is 1. The van der Waals surface area contributed by atoms with Crippen LogP contribution in [0.1, 0.15) is 65.1 Å². The van der Waals surface area contributed by atoms with E-state index in [9.17, 15) is 14.7 Å². The first-order chi connectivity index (χ1) is 19.6. The van der Waals surface area contributed by atoms with Crippen LogP contribution in [0.25, 0.3) is 5.76 Å². The largest absolute Gasteiger partial charge is 0.507 e. The summed E-state index contributed by atoms with van der Waals surface area (Å²) < 4.78 is 17.4. The average molecular weight is 567 g/mol. The second kappa shape index (κ2) is 14.9. The van der Waals surface area contributed by atoms with E-state index in [0.29, 0.717) is 66.5 Å². The number of carbonyl (C=O) groups excluding carboxylic acids is 2. The summed E-state index contributed by atoms with van der Waals surface area (Å²) >= 11 is 0. The highest BCUT2D eigenvalue weighted by Crippen LogP contribution is 2.42. The molecule has 0 radical (unpaired) electrons. The molecule has 1 atom stereocenters. The Bertz CT molecular complexity index is 1200. The van der Waals surface area contributed by atoms with Crippen LogP contribution in [0, 0.1) is 11.8 Å². The Labute approximate surface area is 244 Å². The van der Waals surface area contributed by atoms with Gasteiger partial charge in [0.05, 0.1) is 31.9 Å². The van der Waals surface area contributed by atoms with Crippen molar-refractivity contribution >= 4 is 17.4 Å². The van der Waals surface area contributed by atoms with Crippen LogP contribution < -0.4 is 14.2 Å². The van der Waals surface area contributed by atoms with Crippen LogP contribution in [0.2, 0.25) is 0 Å². The van der Waals surface area contributed by atoms with Gasteiger partial charge in [0.25, 0.3) is 11.7 Å². The maximum absolute atomic E-state index is 13.5. The molecule has 0 spiro atoms. The second-order valence-electron chi connectivity index (χ2n) is 11.2. The molecular formula is C33H46N2O6. The number of carbonyl (C=O) groups is 2. The van der Waals surface area contributed by atoms with Gasteiger partial charge < -0.3 is 29.1 Å². The number of aliphatic hydroxyl groups is 1. The number of likely N-dealkylation sites (N-methyl/N-ethyl adjacent to an activating group) is 1. The summed E-state index contributed by atoms with van der Waals surface area (Å²) in [5.74, 6) is 1.09. The third-order valence-corrected chi connectivity index (χ3v) is 7.26. The number of ketones is 1. The standard InChI is InChI=1S/C33H46N2O6/c1-8-34(9-2)17-18-35-30(25-12-15-27(28(20-25)39-7)40-19-16-22(3)4)29(32(37)33(35)38)31(36)24-10-13-26(14-11-24)41-21-23(5)6/h10-15,20,22-23,30,36H,8-9,16-19,21H2,1-7H3. The number of hydrogen-bond acceptors (Lipinski definition) is 7. The number of Topliss-reactive ketones (excluding diaryl/α,β-unsaturated/α-hetero) is 1. The van der Waals surface area contributed by atoms with E-state index in [0.717, 1.165) is 19.5 Å². The molecule has 1 heterocycles. The van der Waals surface area contributed by atoms with Crippen molar-refractivity contribution in [1.82, 2.24) is 9.80 Å². The van der Waals surface area contributed by atoms with E-state index in [1.165, 1.54) is 0 Å². The Morgan fingerprint density at radius 1 is 0.951 bits per heavy atom. The third kappa shape index (κ3) is 8.03. The van der Waals surface area contributed by atoms with Gasteiger partial charge >= 0.3 is 0 Å². The molecule has 224 valence electrons. The monoisotopic (exact) mass is 566 g/mol. The summed E-state index contributed by atoms with van der Waals surface area (Å²) in [5.41, 5.74) is 1.16. The van der Waals surface area contributed by atoms with Gasteiger partial charge in [-0.2, -0.15) is 0 Å². The number of amides is 1. The normalized spacial score (nSPS) is 16.7. The van der Waals surface area contributed by atoms with E-state index in [1.54, 1.807) is 48.4 Å². The fourth-order valence-electron chi connectivity index (χ4n) is 4.75. The molecule has 8 heteroatoms. The summed E-state index contributed by atoms with van der Waals surface area (Å²) in [7, 11) is 1.56. The molecule has 1 saturated heterocycles. The molecule has 1 fully saturated rings. The highest BCUT2D eigenvalue weighted by Gasteiger charge is 2.46. The fourth-order valence-corrected chi connectivity index (χ4v) is 4.75. The van der Waals surface area contributed by atoms with Crippen LogP contribution >= 0.6 is 0 Å². The van der Waals surface area contributed by atoms with Crippen molar-refractivity contribution in [2.75, 3.05) is 46.5 Å². The van der Waals surface area contributed by atoms with Crippen LogP contribution in [0.4, 0.5) is 0 Å². The van der Waals surface area contributed by atoms with Crippen LogP contribution in [0.3, 0.4) is 0 Å². The number of hydrogen-bond donors (Lipinski definition) is 1. The summed E-state index contributed by atoms with van der Waals surface area (Å²) in [4.78, 5) is 30.6. The van der Waals surface area contributed by atoms with Gasteiger partial charge in [-0.15, -0.1) is 0 Å². The topological polar surface area (TPSA) is 88.5 Å². The van der Waals surface area contributed by atoms with Gasteiger partial charge in [-0.1, -0.05) is 47.6 Å². The lowest BCUT2D eigenvalue weighted by Crippen LogP contribution is -2.38. The molecular weight excluding hydrogens is 520 g/mol. The highest BCUT2D eigenvalue weighted by molar-refractivity contribution is 6.46. The highest BCUT2D eigenvalue weighted by atomic mass is 16.5. The van der Waals surface area contributed by atoms with Crippen molar-refractivity contribution in [1.29, 1.82) is 0 Å². The Balaban J connectivity index is 2.04. The minimum atomic E-state index is -0.777. The summed E-state index contributed by atoms with van der Waals surface area (Å²) in [5, 5.41) is 11.5. The predicted molar refractivity (Wildman–Crippen MR) is 162 cm³/mol. The Morgan fingerprint density at radius 2 is 1.63 bits per heavy atom. The maximum atomic E-state index is 13.5. The van der Waals surface area contributed by atoms with Crippen molar-refractivity contribution in [3.8, 4) is 17.2 Å². The molecule has 0 bridgehead atoms. The number of rotatable bonds is 15. The average Bonchev–Trinajstić information content (AvgIpc) is 3.21. The fraction of sp³-hybridized carbons (Fsp3) is 0.515. The maximum Gasteiger partial charge on any atom is 0.295 e. The van der Waals surface area contributed by atoms with Gasteiger partial charge in [-0.25, -0.2) is 0 Å². The zero-order valence-corrected chi connectivity index (χ0v) is 25.6. The first-order valence-corrected chi connectivity index (χ1v) is 14.7. The zero-order chi connectivity index (χ0) is 30.1. The molecule has 1 unspecified atom stereocenters. The minimum absolute atomic E-state index is 0.0564. The van der Waals surface area contributed by atoms with Crippen molar-refractivity contribution in [3.05, 3.63) is 59.2 Å². The zero-order valence-electron chi connectivity index (χ0n) is 25.6. The Kier molecular flexibility index (Phi) is 11.6. The summed E-state index contributed by atoms with van der Waals surface area (Å²) in [6.07, 6.45) is 0.901. The molecule has 2 aromatic carbocycles. The van der Waals surface area contributed by atoms with Gasteiger partial charge in [0.2, 0.25) is 0 Å². The van der Waals surface area contributed by atoms with E-state index >= 15 is 0 Å². The lowest BCUT2D eigenvalue weighted by atomic mass is 9.95. The van der Waals surface area contributed by atoms with Crippen LogP contribution in [-0.2, 0) is 9.59 Å². The molecule has 0 aliphatic carbocycles. The molecule has 1 aliphatic rings. The molecule has 0 aromatic heterocycles. The van der Waals surface area contributed by atoms with Crippen molar-refractivity contribution in [2.24, 2.45) is 11.8 Å². The Morgan fingerprint density at radius 3 is 2.22 bits per heavy atom. The van der Waals surface area contributed by atoms with E-state index in [4.69, 9.17) is 14.2 Å². The smallest absolute Gasteiger partial charge is 0.295 e. The summed E-state index contributed by atoms with van der Waals surface area (Å²) in [6, 6.07) is 11.6. The number of likely N-dealkylation sites (tertiary alicyclic amines) is 1. The Hall–Kier alpha value is -3.52. The van der Waals surface area contributed by atoms with E-state index < -0.39 is 17.7 Å². The number of benzene rings is 2. The van der Waals surface area contributed by atoms with E-state index in [-0.39, 0.29) is 11.3 Å². The van der Waals surface area contributed by atoms with Gasteiger partial charge in [-0.05, 0) is 73.3 Å². The molecule has 1 aliphatic heterocycles. The van der Waals surface area contributed by atoms with E-state index in [2.05, 4.69) is 46.4 Å². The predicted octanol–water partition coefficient (Wildman–Crippen LogP) is 5.92. The minimum Gasteiger partial charge on any atom is -0.507 e. The van der Waals surface area contributed by atoms with Gasteiger partial charge in [-0.3, -0.25) is 9.59 Å². The number of ether oxygens (including phenoxy) is 3. The lowest BCUT2D eigenvalue weighted by molar-refractivity contribution is -0.140. The second-order valence-corrected chi connectivity index (χ2v) is 11.2. The summed E-state index contributed by atoms with van der Waals surface area (Å²) in [6.45, 7) is 16.2. The van der Waals surface area contributed by atoms with Crippen molar-refractivity contribution in [3.63, 3.8) is 0 Å². The van der Waals surface area contributed by atoms with Crippen molar-refractivity contribution in [2.45, 2.75) is 54.0 Å². The van der Waals surface area contributed by atoms with Crippen LogP contribution in [0.5, 0.6) is 17.2 Å². The molecule has 1 amide bonds. The van der Waals surface area contributed by atoms with Crippen LogP contribution in [0.15, 0.2) is 48.0 Å². The quantitative estimate of drug-likeness (QED) is 0.163. The molecule has 1 N–H and O–H groups in total. The first-order valence-electron chi connectivity index (χ1n) is 14.7. The third-order valence-electron chi connectivity index (χ3n) is 7.26. The van der Waals surface area contributed by atoms with Gasteiger partial charge in [0, 0.05) is 18.7 Å². The SMILES string of the molecule is CCN(CC)CCN1C(=O)C(=O)C(=C(O)c2ccc(OCC(C)C)cc2)C1c1ccc(OCCC(C)C)c(OC)c1. The molecule has 8 nitrogen and oxygen atoms in total. The molecule has 3 rings (SSSR count). The van der Waals surface area contributed by atoms with E-state index in [1.807, 2.05) is 6.07 Å². The van der Waals surface area contributed by atoms with Gasteiger partial charge in [0.1, 0.15) is 11.5 Å². The first kappa shape index (κ1) is 32.0. The number of methoxy groups -OCH3 is 1. The molecule has 0 saturated carbocycles. The molecule has 2 aromatic rings. The molecule has 41 heavy (non-hydrogen) atoms. The van der Waals surface area contributed by atoms with Crippen molar-refractivity contribution < 1.29 is 28.9 Å². The lowest BCUT2D eigenvalue weighted by Gasteiger charge is -2.28. The van der Waals surface area contributed by atoms with Crippen LogP contribution in [-0.4, -0.2) is 73.1 Å². The number of nitrogens with zero attached hydrogens (tertiary/aromatic N) is 2. The van der Waals surface area contributed by atoms with Gasteiger partial charge in [0.15, 0.2) is 11.5 Å².